The summed E-state index contributed by atoms with van der Waals surface area (Å²) < 4.78 is 2.76. The SMILES string of the molecule is [Br][Ge]([Br])([c]1ccccc1)[c]1ccccc1. The van der Waals surface area contributed by atoms with Crippen LogP contribution in [0.15, 0.2) is 60.7 Å². The van der Waals surface area contributed by atoms with Crippen molar-refractivity contribution in [3.05, 3.63) is 60.7 Å². The molecule has 0 aliphatic rings. The van der Waals surface area contributed by atoms with Gasteiger partial charge in [-0.3, -0.25) is 0 Å². The molecular formula is C12H10Br2Ge. The first-order chi connectivity index (χ1) is 7.21. The molecule has 0 aromatic heterocycles. The monoisotopic (exact) mass is 386 g/mol. The molecule has 0 radical (unpaired) electrons. The molecule has 0 saturated carbocycles. The van der Waals surface area contributed by atoms with Crippen molar-refractivity contribution < 1.29 is 0 Å². The standard InChI is InChI=1S/C12H10Br2Ge/c13-15(14,11-7-3-1-4-8-11)12-9-5-2-6-10-12/h1-10H. The van der Waals surface area contributed by atoms with Crippen LogP contribution >= 0.6 is 28.0 Å². The third kappa shape index (κ3) is 2.55. The van der Waals surface area contributed by atoms with Gasteiger partial charge in [0.25, 0.3) is 0 Å². The maximum absolute atomic E-state index is 3.90. The molecule has 0 aliphatic heterocycles. The van der Waals surface area contributed by atoms with E-state index in [-0.39, 0.29) is 0 Å². The van der Waals surface area contributed by atoms with Crippen LogP contribution in [0.1, 0.15) is 0 Å². The van der Waals surface area contributed by atoms with Crippen molar-refractivity contribution >= 4 is 46.4 Å². The fourth-order valence-corrected chi connectivity index (χ4v) is 10.2. The molecule has 0 aliphatic carbocycles. The molecule has 2 rings (SSSR count). The van der Waals surface area contributed by atoms with Crippen molar-refractivity contribution in [2.45, 2.75) is 0 Å². The fraction of sp³-hybridized carbons (Fsp3) is 0. The number of hydrogen-bond acceptors (Lipinski definition) is 0. The van der Waals surface area contributed by atoms with Gasteiger partial charge in [-0.05, 0) is 0 Å². The second kappa shape index (κ2) is 4.85. The van der Waals surface area contributed by atoms with Crippen LogP contribution in [0.3, 0.4) is 0 Å². The maximum atomic E-state index is 3.90. The molecule has 0 bridgehead atoms. The number of hydrogen-bond donors (Lipinski definition) is 0. The average Bonchev–Trinajstić information content (AvgIpc) is 2.31. The molecule has 0 amide bonds. The van der Waals surface area contributed by atoms with Crippen molar-refractivity contribution in [1.82, 2.24) is 0 Å². The Balaban J connectivity index is 2.44. The van der Waals surface area contributed by atoms with Crippen LogP contribution < -0.4 is 8.79 Å². The van der Waals surface area contributed by atoms with Gasteiger partial charge in [0, 0.05) is 0 Å². The zero-order valence-electron chi connectivity index (χ0n) is 8.03. The molecule has 0 nitrogen and oxygen atoms in total. The van der Waals surface area contributed by atoms with Gasteiger partial charge in [-0.1, -0.05) is 0 Å². The Kier molecular flexibility index (Phi) is 3.70. The molecule has 3 heteroatoms. The minimum absolute atomic E-state index is 1.38. The Morgan fingerprint density at radius 1 is 0.600 bits per heavy atom. The van der Waals surface area contributed by atoms with E-state index in [9.17, 15) is 0 Å². The fourth-order valence-electron chi connectivity index (χ4n) is 1.46. The number of benzene rings is 2. The quantitative estimate of drug-likeness (QED) is 0.696. The van der Waals surface area contributed by atoms with E-state index in [4.69, 9.17) is 0 Å². The second-order valence-corrected chi connectivity index (χ2v) is 26.0. The Morgan fingerprint density at radius 2 is 0.933 bits per heavy atom. The van der Waals surface area contributed by atoms with E-state index in [1.165, 1.54) is 8.79 Å². The van der Waals surface area contributed by atoms with E-state index in [0.29, 0.717) is 0 Å². The van der Waals surface area contributed by atoms with Crippen LogP contribution in [-0.4, -0.2) is 9.58 Å². The number of rotatable bonds is 2. The zero-order chi connectivity index (χ0) is 10.7. The van der Waals surface area contributed by atoms with E-state index in [2.05, 4.69) is 76.5 Å². The minimum atomic E-state index is -2.37. The van der Waals surface area contributed by atoms with Gasteiger partial charge in [-0.2, -0.15) is 0 Å². The molecule has 76 valence electrons. The predicted molar refractivity (Wildman–Crippen MR) is 75.8 cm³/mol. The summed E-state index contributed by atoms with van der Waals surface area (Å²) in [6.45, 7) is 0. The summed E-state index contributed by atoms with van der Waals surface area (Å²) in [6, 6.07) is 21.1. The molecule has 0 heterocycles. The van der Waals surface area contributed by atoms with Crippen molar-refractivity contribution in [3.63, 3.8) is 0 Å². The molecule has 0 N–H and O–H groups in total. The van der Waals surface area contributed by atoms with Crippen LogP contribution in [0.25, 0.3) is 0 Å². The second-order valence-electron chi connectivity index (χ2n) is 3.31. The van der Waals surface area contributed by atoms with Gasteiger partial charge in [0.1, 0.15) is 0 Å². The van der Waals surface area contributed by atoms with Crippen molar-refractivity contribution in [3.8, 4) is 0 Å². The molecule has 2 aromatic rings. The van der Waals surface area contributed by atoms with Crippen LogP contribution in [0.5, 0.6) is 0 Å². The Hall–Kier alpha value is -0.0571. The van der Waals surface area contributed by atoms with E-state index in [1.54, 1.807) is 0 Å². The molecule has 15 heavy (non-hydrogen) atoms. The summed E-state index contributed by atoms with van der Waals surface area (Å²) in [6.07, 6.45) is 0. The van der Waals surface area contributed by atoms with Crippen molar-refractivity contribution in [1.29, 1.82) is 0 Å². The molecule has 0 saturated heterocycles. The molecule has 0 spiro atoms. The summed E-state index contributed by atoms with van der Waals surface area (Å²) in [5.74, 6) is 0. The van der Waals surface area contributed by atoms with E-state index in [0.717, 1.165) is 0 Å². The van der Waals surface area contributed by atoms with Gasteiger partial charge >= 0.3 is 107 Å². The molecule has 2 aromatic carbocycles. The Morgan fingerprint density at radius 3 is 1.27 bits per heavy atom. The summed E-state index contributed by atoms with van der Waals surface area (Å²) >= 11 is 7.80. The average molecular weight is 387 g/mol. The third-order valence-electron chi connectivity index (χ3n) is 2.27. The Labute approximate surface area is 106 Å². The van der Waals surface area contributed by atoms with E-state index < -0.39 is 9.58 Å². The summed E-state index contributed by atoms with van der Waals surface area (Å²) in [4.78, 5) is 0. The first-order valence-electron chi connectivity index (χ1n) is 4.70. The Bertz CT molecular complexity index is 384. The van der Waals surface area contributed by atoms with Gasteiger partial charge in [0.2, 0.25) is 0 Å². The van der Waals surface area contributed by atoms with Crippen LogP contribution in [0, 0.1) is 0 Å². The summed E-state index contributed by atoms with van der Waals surface area (Å²) in [7, 11) is -2.37. The van der Waals surface area contributed by atoms with E-state index >= 15 is 0 Å². The van der Waals surface area contributed by atoms with Crippen molar-refractivity contribution in [2.75, 3.05) is 0 Å². The molecule has 0 fully saturated rings. The van der Waals surface area contributed by atoms with Gasteiger partial charge in [-0.25, -0.2) is 0 Å². The normalized spacial score (nSPS) is 11.3. The van der Waals surface area contributed by atoms with Gasteiger partial charge in [0.05, 0.1) is 0 Å². The molecular weight excluding hydrogens is 377 g/mol. The van der Waals surface area contributed by atoms with Gasteiger partial charge in [0.15, 0.2) is 0 Å². The summed E-state index contributed by atoms with van der Waals surface area (Å²) in [5.41, 5.74) is 0. The topological polar surface area (TPSA) is 0 Å². The summed E-state index contributed by atoms with van der Waals surface area (Å²) in [5, 5.41) is 0. The van der Waals surface area contributed by atoms with Crippen molar-refractivity contribution in [2.24, 2.45) is 0 Å². The van der Waals surface area contributed by atoms with Gasteiger partial charge in [-0.15, -0.1) is 0 Å². The zero-order valence-corrected chi connectivity index (χ0v) is 13.3. The first-order valence-corrected chi connectivity index (χ1v) is 16.6. The van der Waals surface area contributed by atoms with Gasteiger partial charge < -0.3 is 0 Å². The van der Waals surface area contributed by atoms with E-state index in [1.807, 2.05) is 12.1 Å². The molecule has 0 atom stereocenters. The molecule has 0 unspecified atom stereocenters. The van der Waals surface area contributed by atoms with Crippen LogP contribution in [0.4, 0.5) is 0 Å². The predicted octanol–water partition coefficient (Wildman–Crippen LogP) is 3.03. The van der Waals surface area contributed by atoms with Crippen LogP contribution in [0.2, 0.25) is 0 Å². The first kappa shape index (κ1) is 11.4. The van der Waals surface area contributed by atoms with Crippen LogP contribution in [-0.2, 0) is 0 Å². The third-order valence-corrected chi connectivity index (χ3v) is 16.2. The number of halogens is 2.